The van der Waals surface area contributed by atoms with E-state index in [4.69, 9.17) is 16.3 Å². The lowest BCUT2D eigenvalue weighted by Gasteiger charge is -2.42. The molecule has 0 radical (unpaired) electrons. The number of fused-ring (bicyclic) bond motifs is 1. The van der Waals surface area contributed by atoms with Gasteiger partial charge in [-0.1, -0.05) is 25.4 Å². The maximum Gasteiger partial charge on any atom is 0.357 e. The van der Waals surface area contributed by atoms with Crippen molar-refractivity contribution in [3.05, 3.63) is 28.3 Å². The van der Waals surface area contributed by atoms with Crippen LogP contribution in [0.2, 0.25) is 5.02 Å². The van der Waals surface area contributed by atoms with Crippen LogP contribution in [0, 0.1) is 0 Å². The highest BCUT2D eigenvalue weighted by Crippen LogP contribution is 2.36. The highest BCUT2D eigenvalue weighted by molar-refractivity contribution is 6.32. The van der Waals surface area contributed by atoms with Crippen LogP contribution in [0.25, 0.3) is 0 Å². The molecule has 1 aromatic carbocycles. The fourth-order valence-electron chi connectivity index (χ4n) is 3.93. The molecule has 2 aliphatic rings. The number of halogens is 1. The van der Waals surface area contributed by atoms with Crippen LogP contribution >= 0.6 is 11.6 Å². The monoisotopic (exact) mass is 436 g/mol. The first kappa shape index (κ1) is 22.2. The average Bonchev–Trinajstić information content (AvgIpc) is 2.85. The van der Waals surface area contributed by atoms with E-state index in [1.54, 1.807) is 13.2 Å². The van der Waals surface area contributed by atoms with Crippen LogP contribution in [0.5, 0.6) is 5.75 Å². The van der Waals surface area contributed by atoms with Gasteiger partial charge in [-0.25, -0.2) is 19.8 Å². The number of nitrogens with one attached hydrogen (secondary N) is 1. The van der Waals surface area contributed by atoms with Gasteiger partial charge in [0.15, 0.2) is 0 Å². The van der Waals surface area contributed by atoms with Gasteiger partial charge in [0.2, 0.25) is 5.91 Å². The first-order valence-electron chi connectivity index (χ1n) is 10.4. The minimum absolute atomic E-state index is 0.111. The molecule has 2 heterocycles. The molecule has 2 atom stereocenters. The van der Waals surface area contributed by atoms with E-state index < -0.39 is 11.9 Å². The summed E-state index contributed by atoms with van der Waals surface area (Å²) < 4.78 is 5.42. The number of hydrazine groups is 2. The van der Waals surface area contributed by atoms with Crippen molar-refractivity contribution in [3.8, 4) is 5.75 Å². The van der Waals surface area contributed by atoms with Gasteiger partial charge in [-0.2, -0.15) is 0 Å². The zero-order valence-electron chi connectivity index (χ0n) is 17.9. The zero-order valence-corrected chi connectivity index (χ0v) is 18.7. The lowest BCUT2D eigenvalue weighted by atomic mass is 9.95. The molecule has 164 valence electrons. The molecular weight excluding hydrogens is 408 g/mol. The van der Waals surface area contributed by atoms with Gasteiger partial charge in [-0.3, -0.25) is 15.0 Å². The maximum atomic E-state index is 13.1. The lowest BCUT2D eigenvalue weighted by Crippen LogP contribution is -2.60. The molecule has 0 saturated carbocycles. The predicted octanol–water partition coefficient (Wildman–Crippen LogP) is 3.56. The Labute approximate surface area is 182 Å². The lowest BCUT2D eigenvalue weighted by molar-refractivity contribution is -0.149. The number of hydrogen-bond acceptors (Lipinski definition) is 4. The van der Waals surface area contributed by atoms with Crippen LogP contribution in [-0.2, 0) is 4.79 Å². The van der Waals surface area contributed by atoms with E-state index in [0.29, 0.717) is 22.9 Å². The van der Waals surface area contributed by atoms with Crippen molar-refractivity contribution in [2.45, 2.75) is 58.4 Å². The zero-order chi connectivity index (χ0) is 22.0. The minimum atomic E-state index is -0.456. The SMILES string of the molecule is CCC(C)c1cc(C(=O)NN2CCC(=O)N3CCCC(C)N3C2=O)cc(Cl)c1OC. The molecular formula is C21H29ClN4O4. The third-order valence-corrected chi connectivity index (χ3v) is 6.13. The molecule has 2 aliphatic heterocycles. The molecule has 1 aromatic rings. The van der Waals surface area contributed by atoms with Crippen molar-refractivity contribution >= 4 is 29.4 Å². The van der Waals surface area contributed by atoms with Gasteiger partial charge >= 0.3 is 6.03 Å². The Morgan fingerprint density at radius 3 is 2.73 bits per heavy atom. The molecule has 0 bridgehead atoms. The van der Waals surface area contributed by atoms with Crippen LogP contribution in [0.1, 0.15) is 68.3 Å². The number of rotatable bonds is 5. The summed E-state index contributed by atoms with van der Waals surface area (Å²) in [5.41, 5.74) is 3.85. The second-order valence-electron chi connectivity index (χ2n) is 7.87. The van der Waals surface area contributed by atoms with Crippen molar-refractivity contribution < 1.29 is 19.1 Å². The Morgan fingerprint density at radius 1 is 1.33 bits per heavy atom. The van der Waals surface area contributed by atoms with E-state index in [1.165, 1.54) is 21.1 Å². The van der Waals surface area contributed by atoms with Gasteiger partial charge in [0, 0.05) is 18.5 Å². The number of carbonyl (C=O) groups excluding carboxylic acids is 3. The molecule has 3 rings (SSSR count). The molecule has 30 heavy (non-hydrogen) atoms. The number of carbonyl (C=O) groups is 3. The van der Waals surface area contributed by atoms with Gasteiger partial charge in [0.05, 0.1) is 24.7 Å². The van der Waals surface area contributed by atoms with Crippen molar-refractivity contribution in [1.82, 2.24) is 20.5 Å². The second-order valence-corrected chi connectivity index (χ2v) is 8.27. The van der Waals surface area contributed by atoms with Crippen LogP contribution in [0.3, 0.4) is 0 Å². The van der Waals surface area contributed by atoms with Crippen LogP contribution in [0.4, 0.5) is 4.79 Å². The Balaban J connectivity index is 1.85. The Morgan fingerprint density at radius 2 is 2.07 bits per heavy atom. The highest BCUT2D eigenvalue weighted by atomic mass is 35.5. The Hall–Kier alpha value is -2.48. The highest BCUT2D eigenvalue weighted by Gasteiger charge is 2.39. The van der Waals surface area contributed by atoms with Crippen LogP contribution in [0.15, 0.2) is 12.1 Å². The van der Waals surface area contributed by atoms with Crippen molar-refractivity contribution in [3.63, 3.8) is 0 Å². The molecule has 1 N–H and O–H groups in total. The summed E-state index contributed by atoms with van der Waals surface area (Å²) in [6.07, 6.45) is 2.67. The Bertz CT molecular complexity index is 847. The van der Waals surface area contributed by atoms with Crippen LogP contribution < -0.4 is 10.2 Å². The van der Waals surface area contributed by atoms with E-state index >= 15 is 0 Å². The van der Waals surface area contributed by atoms with Crippen LogP contribution in [-0.4, -0.2) is 59.1 Å². The number of nitrogens with zero attached hydrogens (tertiary/aromatic N) is 3. The fourth-order valence-corrected chi connectivity index (χ4v) is 4.24. The van der Waals surface area contributed by atoms with E-state index in [-0.39, 0.29) is 30.8 Å². The van der Waals surface area contributed by atoms with Gasteiger partial charge in [0.1, 0.15) is 5.75 Å². The van der Waals surface area contributed by atoms with E-state index in [0.717, 1.165) is 24.8 Å². The summed E-state index contributed by atoms with van der Waals surface area (Å²) in [6.45, 7) is 6.62. The third kappa shape index (κ3) is 4.19. The summed E-state index contributed by atoms with van der Waals surface area (Å²) in [6, 6.07) is 2.77. The number of urea groups is 1. The summed E-state index contributed by atoms with van der Waals surface area (Å²) in [5, 5.41) is 4.54. The average molecular weight is 437 g/mol. The maximum absolute atomic E-state index is 13.1. The number of amides is 4. The standard InChI is InChI=1S/C21H29ClN4O4/c1-5-13(2)16-11-15(12-17(22)19(16)30-4)20(28)23-24-10-8-18(27)25-9-6-7-14(3)26(25)21(24)29/h11-14H,5-10H2,1-4H3,(H,23,28). The number of ether oxygens (including phenoxy) is 1. The first-order valence-corrected chi connectivity index (χ1v) is 10.8. The topological polar surface area (TPSA) is 82.2 Å². The molecule has 2 fully saturated rings. The summed E-state index contributed by atoms with van der Waals surface area (Å²) in [4.78, 5) is 38.5. The van der Waals surface area contributed by atoms with E-state index in [1.807, 2.05) is 20.8 Å². The molecule has 4 amide bonds. The van der Waals surface area contributed by atoms with Crippen molar-refractivity contribution in [1.29, 1.82) is 0 Å². The smallest absolute Gasteiger partial charge is 0.357 e. The second kappa shape index (κ2) is 9.12. The third-order valence-electron chi connectivity index (χ3n) is 5.85. The molecule has 0 aliphatic carbocycles. The largest absolute Gasteiger partial charge is 0.495 e. The number of hydrogen-bond donors (Lipinski definition) is 1. The molecule has 0 spiro atoms. The number of benzene rings is 1. The van der Waals surface area contributed by atoms with Crippen molar-refractivity contribution in [2.75, 3.05) is 20.2 Å². The van der Waals surface area contributed by atoms with E-state index in [2.05, 4.69) is 5.43 Å². The quantitative estimate of drug-likeness (QED) is 0.765. The number of methoxy groups -OCH3 is 1. The molecule has 2 unspecified atom stereocenters. The summed E-state index contributed by atoms with van der Waals surface area (Å²) in [5.74, 6) is 0.128. The molecule has 9 heteroatoms. The first-order chi connectivity index (χ1) is 14.3. The molecule has 0 aromatic heterocycles. The van der Waals surface area contributed by atoms with Gasteiger partial charge in [-0.05, 0) is 49.8 Å². The molecule has 8 nitrogen and oxygen atoms in total. The van der Waals surface area contributed by atoms with Gasteiger partial charge < -0.3 is 4.74 Å². The normalized spacial score (nSPS) is 20.6. The predicted molar refractivity (Wildman–Crippen MR) is 113 cm³/mol. The summed E-state index contributed by atoms with van der Waals surface area (Å²) in [7, 11) is 1.55. The summed E-state index contributed by atoms with van der Waals surface area (Å²) >= 11 is 6.36. The van der Waals surface area contributed by atoms with Crippen molar-refractivity contribution in [2.24, 2.45) is 0 Å². The molecule has 2 saturated heterocycles. The van der Waals surface area contributed by atoms with E-state index in [9.17, 15) is 14.4 Å². The van der Waals surface area contributed by atoms with Gasteiger partial charge in [0.25, 0.3) is 5.91 Å². The fraction of sp³-hybridized carbons (Fsp3) is 0.571. The Kier molecular flexibility index (Phi) is 6.75. The minimum Gasteiger partial charge on any atom is -0.495 e. The van der Waals surface area contributed by atoms with Gasteiger partial charge in [-0.15, -0.1) is 0 Å².